The molecule has 0 spiro atoms. The lowest BCUT2D eigenvalue weighted by Crippen LogP contribution is -2.70. The Kier molecular flexibility index (Phi) is 19.5. The summed E-state index contributed by atoms with van der Waals surface area (Å²) in [6, 6.07) is 20.1. The Balaban J connectivity index is 2.26. The Morgan fingerprint density at radius 1 is 0.708 bits per heavy atom. The van der Waals surface area contributed by atoms with Crippen molar-refractivity contribution in [1.29, 1.82) is 0 Å². The number of hydrogen-bond acceptors (Lipinski definition) is 12. The Hall–Kier alpha value is -0.242. The van der Waals surface area contributed by atoms with Gasteiger partial charge in [0.15, 0.2) is 8.32 Å². The minimum atomic E-state index is -3.83. The predicted octanol–water partition coefficient (Wildman–Crippen LogP) is 6.89. The predicted molar refractivity (Wildman–Crippen MR) is 205 cm³/mol. The van der Waals surface area contributed by atoms with Gasteiger partial charge in [0.25, 0.3) is 9.28 Å². The Labute approximate surface area is 297 Å². The first-order valence-corrected chi connectivity index (χ1v) is 30.3. The Morgan fingerprint density at radius 3 is 1.58 bits per heavy atom. The molecule has 0 aromatic heterocycles. The van der Waals surface area contributed by atoms with Crippen molar-refractivity contribution < 1.29 is 48.2 Å². The van der Waals surface area contributed by atoms with Crippen LogP contribution in [0, 0.1) is 0 Å². The van der Waals surface area contributed by atoms with Crippen LogP contribution in [-0.4, -0.2) is 84.3 Å². The van der Waals surface area contributed by atoms with E-state index in [2.05, 4.69) is 13.1 Å². The molecule has 2 atom stereocenters. The third-order valence-electron chi connectivity index (χ3n) is 6.84. The molecule has 2 aromatic carbocycles. The highest BCUT2D eigenvalue weighted by Crippen LogP contribution is 2.49. The minimum Gasteiger partial charge on any atom is -0.439 e. The fourth-order valence-corrected chi connectivity index (χ4v) is 24.8. The maximum absolute atomic E-state index is 13.0. The number of rotatable bonds is 26. The van der Waals surface area contributed by atoms with Crippen LogP contribution in [0.1, 0.15) is 40.5 Å². The SMILES string of the molecule is CCOP(=O)(CCCSO[Si](C)(O)O[Si](O[SiH](C)O[Si](C)(C)CCCP(=O)(OCC)OCC)(c1ccccc1)c1ccccc1)OCC. The van der Waals surface area contributed by atoms with Crippen LogP contribution in [0.2, 0.25) is 32.2 Å². The molecule has 0 heterocycles. The molecular weight excluding hydrogens is 743 g/mol. The van der Waals surface area contributed by atoms with E-state index in [1.807, 2.05) is 81.1 Å². The van der Waals surface area contributed by atoms with Crippen molar-refractivity contribution >= 4 is 72.6 Å². The molecule has 0 bridgehead atoms. The van der Waals surface area contributed by atoms with Crippen molar-refractivity contribution in [2.24, 2.45) is 0 Å². The third-order valence-corrected chi connectivity index (χ3v) is 26.3. The highest BCUT2D eigenvalue weighted by atomic mass is 32.2. The fraction of sp³-hybridized carbons (Fsp3) is 0.600. The van der Waals surface area contributed by atoms with Gasteiger partial charge in [-0.05, 0) is 88.6 Å². The summed E-state index contributed by atoms with van der Waals surface area (Å²) in [6.07, 6.45) is 1.73. The second kappa shape index (κ2) is 21.3. The second-order valence-electron chi connectivity index (χ2n) is 11.6. The summed E-state index contributed by atoms with van der Waals surface area (Å²) in [4.78, 5) is 11.7. The lowest BCUT2D eigenvalue weighted by atomic mass is 10.4. The van der Waals surface area contributed by atoms with Crippen LogP contribution < -0.4 is 10.4 Å². The zero-order valence-corrected chi connectivity index (χ0v) is 36.5. The molecule has 0 aliphatic carbocycles. The highest BCUT2D eigenvalue weighted by molar-refractivity contribution is 7.95. The summed E-state index contributed by atoms with van der Waals surface area (Å²) >= 11 is 1.08. The summed E-state index contributed by atoms with van der Waals surface area (Å²) in [5.74, 6) is 0.455. The van der Waals surface area contributed by atoms with Gasteiger partial charge in [-0.15, -0.1) is 0 Å². The van der Waals surface area contributed by atoms with Gasteiger partial charge in [0, 0.05) is 18.5 Å². The maximum Gasteiger partial charge on any atom is 0.497 e. The quantitative estimate of drug-likeness (QED) is 0.0461. The topological polar surface area (TPSA) is 128 Å². The van der Waals surface area contributed by atoms with Crippen molar-refractivity contribution in [1.82, 2.24) is 0 Å². The van der Waals surface area contributed by atoms with Gasteiger partial charge in [-0.25, -0.2) is 0 Å². The van der Waals surface area contributed by atoms with Gasteiger partial charge >= 0.3 is 32.6 Å². The van der Waals surface area contributed by atoms with Gasteiger partial charge in [-0.2, -0.15) is 0 Å². The van der Waals surface area contributed by atoms with Crippen molar-refractivity contribution in [3.8, 4) is 0 Å². The van der Waals surface area contributed by atoms with E-state index in [4.69, 9.17) is 34.3 Å². The fourth-order valence-electron chi connectivity index (χ4n) is 5.10. The molecule has 1 N–H and O–H groups in total. The Bertz CT molecular complexity index is 1220. The van der Waals surface area contributed by atoms with Crippen molar-refractivity contribution in [2.75, 3.05) is 44.5 Å². The van der Waals surface area contributed by atoms with Crippen LogP contribution in [0.25, 0.3) is 0 Å². The van der Waals surface area contributed by atoms with E-state index in [0.717, 1.165) is 28.5 Å². The first-order valence-electron chi connectivity index (χ1n) is 16.6. The van der Waals surface area contributed by atoms with E-state index in [1.54, 1.807) is 20.4 Å². The van der Waals surface area contributed by atoms with Crippen LogP contribution in [0.15, 0.2) is 60.7 Å². The molecule has 274 valence electrons. The average molecular weight is 799 g/mol. The normalized spacial score (nSPS) is 14.9. The van der Waals surface area contributed by atoms with Crippen molar-refractivity contribution in [3.63, 3.8) is 0 Å². The molecular formula is C30H56O11P2SSi4. The average Bonchev–Trinajstić information content (AvgIpc) is 3.01. The van der Waals surface area contributed by atoms with Gasteiger partial charge in [0.2, 0.25) is 0 Å². The summed E-state index contributed by atoms with van der Waals surface area (Å²) in [6.45, 7) is 16.3. The highest BCUT2D eigenvalue weighted by Gasteiger charge is 2.52. The standard InChI is InChI=1S/C30H56O11P2SSi4/c1-9-34-42(31,35-10-2)25-19-27-44-38-47(8,33)41-48(29-21-15-13-16-22-29,30-23-17-14-18-24-30)40-45(5)39-46(6,7)28-20-26-43(32,36-11-3)37-12-4/h13-18,21-24,33,45H,9-12,19-20,25-28H2,1-8H3. The molecule has 2 aromatic rings. The van der Waals surface area contributed by atoms with E-state index >= 15 is 0 Å². The molecule has 11 nitrogen and oxygen atoms in total. The minimum absolute atomic E-state index is 0.250. The maximum atomic E-state index is 13.0. The van der Waals surface area contributed by atoms with Gasteiger partial charge < -0.3 is 39.1 Å². The molecule has 0 aliphatic heterocycles. The van der Waals surface area contributed by atoms with Crippen LogP contribution in [0.3, 0.4) is 0 Å². The van der Waals surface area contributed by atoms with Crippen LogP contribution in [0.5, 0.6) is 0 Å². The lowest BCUT2D eigenvalue weighted by Gasteiger charge is -2.39. The molecule has 0 radical (unpaired) electrons. The summed E-state index contributed by atoms with van der Waals surface area (Å²) in [7, 11) is -18.4. The lowest BCUT2D eigenvalue weighted by molar-refractivity contribution is 0.219. The van der Waals surface area contributed by atoms with Gasteiger partial charge in [0.1, 0.15) is 0 Å². The first kappa shape index (κ1) is 43.9. The smallest absolute Gasteiger partial charge is 0.439 e. The molecule has 18 heteroatoms. The van der Waals surface area contributed by atoms with E-state index in [-0.39, 0.29) is 6.16 Å². The van der Waals surface area contributed by atoms with Gasteiger partial charge in [0.05, 0.1) is 32.6 Å². The van der Waals surface area contributed by atoms with E-state index in [9.17, 15) is 13.9 Å². The Morgan fingerprint density at radius 2 is 1.15 bits per heavy atom. The van der Waals surface area contributed by atoms with Crippen LogP contribution >= 0.6 is 27.2 Å². The summed E-state index contributed by atoms with van der Waals surface area (Å²) in [5.41, 5.74) is 0. The molecule has 48 heavy (non-hydrogen) atoms. The van der Waals surface area contributed by atoms with Gasteiger partial charge in [-0.1, -0.05) is 60.7 Å². The van der Waals surface area contributed by atoms with Crippen molar-refractivity contribution in [3.05, 3.63) is 60.7 Å². The molecule has 0 saturated carbocycles. The molecule has 0 aliphatic rings. The first-order chi connectivity index (χ1) is 22.7. The monoisotopic (exact) mass is 798 g/mol. The van der Waals surface area contributed by atoms with E-state index < -0.39 is 50.2 Å². The second-order valence-corrected chi connectivity index (χ2v) is 29.3. The molecule has 0 fully saturated rings. The zero-order chi connectivity index (χ0) is 35.7. The van der Waals surface area contributed by atoms with E-state index in [1.165, 1.54) is 0 Å². The molecule has 0 amide bonds. The molecule has 0 saturated heterocycles. The molecule has 2 unspecified atom stereocenters. The van der Waals surface area contributed by atoms with Crippen molar-refractivity contribution in [2.45, 2.75) is 72.8 Å². The summed E-state index contributed by atoms with van der Waals surface area (Å²) < 4.78 is 74.1. The number of hydrogen-bond donors (Lipinski definition) is 1. The van der Waals surface area contributed by atoms with E-state index in [0.29, 0.717) is 51.2 Å². The van der Waals surface area contributed by atoms with Gasteiger partial charge in [-0.3, -0.25) is 9.13 Å². The summed E-state index contributed by atoms with van der Waals surface area (Å²) in [5, 5.41) is 1.65. The molecule has 2 rings (SSSR count). The third kappa shape index (κ3) is 15.2. The number of benzene rings is 2. The van der Waals surface area contributed by atoms with Crippen LogP contribution in [-0.2, 0) is 43.4 Å². The van der Waals surface area contributed by atoms with Crippen LogP contribution in [0.4, 0.5) is 0 Å². The largest absolute Gasteiger partial charge is 0.497 e. The zero-order valence-electron chi connectivity index (χ0n) is 29.8.